The maximum atomic E-state index is 12.4. The van der Waals surface area contributed by atoms with Gasteiger partial charge in [-0.25, -0.2) is 4.79 Å². The van der Waals surface area contributed by atoms with Crippen LogP contribution in [0.5, 0.6) is 0 Å². The van der Waals surface area contributed by atoms with E-state index in [2.05, 4.69) is 15.4 Å². The van der Waals surface area contributed by atoms with Crippen LogP contribution in [0.3, 0.4) is 0 Å². The summed E-state index contributed by atoms with van der Waals surface area (Å²) in [5.41, 5.74) is 2.89. The maximum absolute atomic E-state index is 12.4. The van der Waals surface area contributed by atoms with Gasteiger partial charge in [0.15, 0.2) is 0 Å². The number of ether oxygens (including phenoxy) is 1. The van der Waals surface area contributed by atoms with Crippen molar-refractivity contribution in [3.8, 4) is 0 Å². The lowest BCUT2D eigenvalue weighted by molar-refractivity contribution is 0.0647. The third-order valence-corrected chi connectivity index (χ3v) is 4.01. The molecule has 0 N–H and O–H groups in total. The van der Waals surface area contributed by atoms with E-state index in [1.807, 2.05) is 19.9 Å². The van der Waals surface area contributed by atoms with Crippen LogP contribution < -0.4 is 5.69 Å². The van der Waals surface area contributed by atoms with Gasteiger partial charge in [0, 0.05) is 25.1 Å². The third-order valence-electron chi connectivity index (χ3n) is 4.01. The topological polar surface area (TPSA) is 74.8 Å². The van der Waals surface area contributed by atoms with Gasteiger partial charge in [-0.05, 0) is 54.3 Å². The highest BCUT2D eigenvalue weighted by Gasteiger charge is 2.21. The lowest BCUT2D eigenvalue weighted by Gasteiger charge is -2.20. The Kier molecular flexibility index (Phi) is 3.83. The molecule has 1 saturated heterocycles. The van der Waals surface area contributed by atoms with E-state index >= 15 is 0 Å². The van der Waals surface area contributed by atoms with Crippen LogP contribution in [0.4, 0.5) is 0 Å². The number of tetrazole rings is 1. The molecule has 0 atom stereocenters. The van der Waals surface area contributed by atoms with E-state index in [0.717, 1.165) is 29.7 Å². The van der Waals surface area contributed by atoms with E-state index in [-0.39, 0.29) is 11.7 Å². The van der Waals surface area contributed by atoms with Crippen molar-refractivity contribution < 1.29 is 4.74 Å². The molecular formula is C14H19N5O2. The maximum Gasteiger partial charge on any atom is 0.364 e. The van der Waals surface area contributed by atoms with Gasteiger partial charge in [0.2, 0.25) is 0 Å². The number of aromatic nitrogens is 5. The molecule has 3 heterocycles. The Morgan fingerprint density at radius 1 is 1.29 bits per heavy atom. The third kappa shape index (κ3) is 2.73. The van der Waals surface area contributed by atoms with E-state index in [4.69, 9.17) is 4.74 Å². The first-order valence-electron chi connectivity index (χ1n) is 7.18. The monoisotopic (exact) mass is 289 g/mol. The van der Waals surface area contributed by atoms with Gasteiger partial charge in [0.25, 0.3) is 0 Å². The minimum Gasteiger partial charge on any atom is -0.381 e. The normalized spacial score (nSPS) is 16.3. The summed E-state index contributed by atoms with van der Waals surface area (Å²) in [6.45, 7) is 5.71. The first-order valence-corrected chi connectivity index (χ1v) is 7.18. The van der Waals surface area contributed by atoms with Crippen LogP contribution in [0.1, 0.15) is 35.7 Å². The molecule has 7 nitrogen and oxygen atoms in total. The molecule has 0 bridgehead atoms. The Morgan fingerprint density at radius 3 is 2.76 bits per heavy atom. The lowest BCUT2D eigenvalue weighted by Crippen LogP contribution is -2.32. The molecule has 0 aliphatic carbocycles. The highest BCUT2D eigenvalue weighted by atomic mass is 16.5. The van der Waals surface area contributed by atoms with Gasteiger partial charge < -0.3 is 4.74 Å². The first-order chi connectivity index (χ1) is 10.2. The molecule has 112 valence electrons. The lowest BCUT2D eigenvalue weighted by atomic mass is 10.1. The Morgan fingerprint density at radius 2 is 2.05 bits per heavy atom. The van der Waals surface area contributed by atoms with Gasteiger partial charge in [0.05, 0.1) is 12.6 Å². The molecule has 0 radical (unpaired) electrons. The Bertz CT molecular complexity index is 665. The minimum absolute atomic E-state index is 0.0936. The molecule has 1 aliphatic rings. The van der Waals surface area contributed by atoms with Crippen molar-refractivity contribution in [1.29, 1.82) is 0 Å². The van der Waals surface area contributed by atoms with Crippen LogP contribution in [-0.4, -0.2) is 38.0 Å². The summed E-state index contributed by atoms with van der Waals surface area (Å²) < 4.78 is 8.22. The van der Waals surface area contributed by atoms with E-state index < -0.39 is 0 Å². The molecule has 2 aromatic rings. The van der Waals surface area contributed by atoms with Crippen molar-refractivity contribution in [1.82, 2.24) is 24.8 Å². The van der Waals surface area contributed by atoms with E-state index in [1.165, 1.54) is 9.36 Å². The number of aryl methyl sites for hydroxylation is 2. The van der Waals surface area contributed by atoms with Gasteiger partial charge in [0.1, 0.15) is 0 Å². The zero-order valence-electron chi connectivity index (χ0n) is 12.3. The summed E-state index contributed by atoms with van der Waals surface area (Å²) in [4.78, 5) is 16.7. The molecule has 0 amide bonds. The van der Waals surface area contributed by atoms with Gasteiger partial charge >= 0.3 is 5.69 Å². The standard InChI is InChI=1S/C14H19N5O2/c1-10-3-6-15-11(2)13(10)9-18-14(20)19(17-16-18)12-4-7-21-8-5-12/h3,6,12H,4-5,7-9H2,1-2H3. The Balaban J connectivity index is 1.87. The number of pyridine rings is 1. The van der Waals surface area contributed by atoms with Gasteiger partial charge in [-0.3, -0.25) is 4.98 Å². The predicted molar refractivity (Wildman–Crippen MR) is 76.2 cm³/mol. The number of hydrogen-bond acceptors (Lipinski definition) is 5. The molecular weight excluding hydrogens is 270 g/mol. The summed E-state index contributed by atoms with van der Waals surface area (Å²) in [5.74, 6) is 0. The average molecular weight is 289 g/mol. The van der Waals surface area contributed by atoms with Crippen LogP contribution in [-0.2, 0) is 11.3 Å². The predicted octanol–water partition coefficient (Wildman–Crippen LogP) is 0.851. The molecule has 7 heteroatoms. The number of rotatable bonds is 3. The Hall–Kier alpha value is -2.02. The van der Waals surface area contributed by atoms with Crippen LogP contribution in [0, 0.1) is 13.8 Å². The minimum atomic E-state index is -0.162. The van der Waals surface area contributed by atoms with Crippen molar-refractivity contribution in [2.24, 2.45) is 0 Å². The zero-order valence-corrected chi connectivity index (χ0v) is 12.3. The van der Waals surface area contributed by atoms with Crippen LogP contribution in [0.15, 0.2) is 17.1 Å². The summed E-state index contributed by atoms with van der Waals surface area (Å²) in [5, 5.41) is 8.05. The molecule has 1 aliphatic heterocycles. The van der Waals surface area contributed by atoms with Crippen molar-refractivity contribution in [3.63, 3.8) is 0 Å². The van der Waals surface area contributed by atoms with Crippen LogP contribution >= 0.6 is 0 Å². The van der Waals surface area contributed by atoms with E-state index in [0.29, 0.717) is 19.8 Å². The fourth-order valence-corrected chi connectivity index (χ4v) is 2.66. The van der Waals surface area contributed by atoms with Crippen LogP contribution in [0.25, 0.3) is 0 Å². The molecule has 3 rings (SSSR count). The number of nitrogens with zero attached hydrogens (tertiary/aromatic N) is 5. The van der Waals surface area contributed by atoms with E-state index in [9.17, 15) is 4.79 Å². The van der Waals surface area contributed by atoms with Gasteiger partial charge in [-0.2, -0.15) is 9.36 Å². The molecule has 0 spiro atoms. The summed E-state index contributed by atoms with van der Waals surface area (Å²) >= 11 is 0. The average Bonchev–Trinajstić information content (AvgIpc) is 2.85. The van der Waals surface area contributed by atoms with Crippen molar-refractivity contribution in [3.05, 3.63) is 39.6 Å². The second-order valence-corrected chi connectivity index (χ2v) is 5.40. The second-order valence-electron chi connectivity index (χ2n) is 5.40. The molecule has 0 unspecified atom stereocenters. The van der Waals surface area contributed by atoms with Crippen LogP contribution in [0.2, 0.25) is 0 Å². The second kappa shape index (κ2) is 5.77. The van der Waals surface area contributed by atoms with Gasteiger partial charge in [-0.1, -0.05) is 0 Å². The van der Waals surface area contributed by atoms with Crippen molar-refractivity contribution in [2.45, 2.75) is 39.3 Å². The summed E-state index contributed by atoms with van der Waals surface area (Å²) in [6, 6.07) is 2.03. The SMILES string of the molecule is Cc1ccnc(C)c1Cn1nnn(C2CCOCC2)c1=O. The van der Waals surface area contributed by atoms with Crippen molar-refractivity contribution in [2.75, 3.05) is 13.2 Å². The molecule has 2 aromatic heterocycles. The number of hydrogen-bond donors (Lipinski definition) is 0. The van der Waals surface area contributed by atoms with Gasteiger partial charge in [-0.15, -0.1) is 0 Å². The fourth-order valence-electron chi connectivity index (χ4n) is 2.66. The smallest absolute Gasteiger partial charge is 0.364 e. The zero-order chi connectivity index (χ0) is 14.8. The van der Waals surface area contributed by atoms with E-state index in [1.54, 1.807) is 6.20 Å². The molecule has 0 saturated carbocycles. The summed E-state index contributed by atoms with van der Waals surface area (Å²) in [7, 11) is 0. The molecule has 1 fully saturated rings. The quantitative estimate of drug-likeness (QED) is 0.837. The van der Waals surface area contributed by atoms with Crippen molar-refractivity contribution >= 4 is 0 Å². The fraction of sp³-hybridized carbons (Fsp3) is 0.571. The highest BCUT2D eigenvalue weighted by molar-refractivity contribution is 5.28. The largest absolute Gasteiger partial charge is 0.381 e. The molecule has 0 aromatic carbocycles. The highest BCUT2D eigenvalue weighted by Crippen LogP contribution is 2.17. The molecule has 21 heavy (non-hydrogen) atoms. The Labute approximate surface area is 122 Å². The first kappa shape index (κ1) is 13.9. The summed E-state index contributed by atoms with van der Waals surface area (Å²) in [6.07, 6.45) is 3.39.